The Morgan fingerprint density at radius 2 is 2.67 bits per heavy atom. The van der Waals surface area contributed by atoms with Crippen molar-refractivity contribution in [3.63, 3.8) is 0 Å². The lowest BCUT2D eigenvalue weighted by Gasteiger charge is -1.63. The third-order valence-corrected chi connectivity index (χ3v) is 1.43. The van der Waals surface area contributed by atoms with E-state index < -0.39 is 0 Å². The Hall–Kier alpha value is -0.0200. The van der Waals surface area contributed by atoms with Gasteiger partial charge in [0, 0.05) is 5.38 Å². The lowest BCUT2D eigenvalue weighted by molar-refractivity contribution is 1.22. The summed E-state index contributed by atoms with van der Waals surface area (Å²) in [5, 5.41) is 2.68. The lowest BCUT2D eigenvalue weighted by Crippen LogP contribution is -1.51. The van der Waals surface area contributed by atoms with Gasteiger partial charge in [-0.1, -0.05) is 0 Å². The van der Waals surface area contributed by atoms with Crippen molar-refractivity contribution in [3.05, 3.63) is 10.9 Å². The molecule has 0 amide bonds. The molecule has 0 fully saturated rings. The lowest BCUT2D eigenvalue weighted by atomic mass is 11.0. The van der Waals surface area contributed by atoms with E-state index in [2.05, 4.69) is 17.6 Å². The van der Waals surface area contributed by atoms with E-state index in [-0.39, 0.29) is 0 Å². The Bertz CT molecular complexity index is 112. The van der Waals surface area contributed by atoms with E-state index in [0.29, 0.717) is 0 Å². The quantitative estimate of drug-likeness (QED) is 0.507. The largest absolute Gasteiger partial charge is 0.239 e. The standard InChI is InChI=1S/C3H3NS2/c5-3-1-6-2-4-3/h1-2,5H. The minimum Gasteiger partial charge on any atom is -0.239 e. The molecule has 1 aromatic rings. The molecular weight excluding hydrogens is 114 g/mol. The number of aromatic nitrogens is 1. The first kappa shape index (κ1) is 4.15. The second-order valence-corrected chi connectivity index (χ2v) is 2.02. The van der Waals surface area contributed by atoms with Gasteiger partial charge in [0.15, 0.2) is 0 Å². The van der Waals surface area contributed by atoms with Crippen LogP contribution in [0.1, 0.15) is 0 Å². The zero-order chi connectivity index (χ0) is 4.41. The summed E-state index contributed by atoms with van der Waals surface area (Å²) in [6, 6.07) is 0. The molecule has 0 spiro atoms. The Morgan fingerprint density at radius 3 is 2.83 bits per heavy atom. The second kappa shape index (κ2) is 1.62. The van der Waals surface area contributed by atoms with E-state index in [4.69, 9.17) is 0 Å². The average Bonchev–Trinajstić information content (AvgIpc) is 1.86. The molecule has 3 heteroatoms. The summed E-state index contributed by atoms with van der Waals surface area (Å²) in [6.45, 7) is 0. The predicted octanol–water partition coefficient (Wildman–Crippen LogP) is 1.43. The number of hydrogen-bond donors (Lipinski definition) is 1. The van der Waals surface area contributed by atoms with Gasteiger partial charge in [-0.2, -0.15) is 0 Å². The maximum Gasteiger partial charge on any atom is 0.104 e. The molecule has 0 saturated carbocycles. The highest BCUT2D eigenvalue weighted by molar-refractivity contribution is 7.80. The fraction of sp³-hybridized carbons (Fsp3) is 0. The van der Waals surface area contributed by atoms with Crippen LogP contribution in [0, 0.1) is 0 Å². The van der Waals surface area contributed by atoms with Crippen LogP contribution in [0.25, 0.3) is 0 Å². The van der Waals surface area contributed by atoms with Crippen molar-refractivity contribution in [2.24, 2.45) is 0 Å². The summed E-state index contributed by atoms with van der Waals surface area (Å²) in [5.41, 5.74) is 1.75. The van der Waals surface area contributed by atoms with Crippen molar-refractivity contribution in [1.82, 2.24) is 4.98 Å². The fourth-order valence-electron chi connectivity index (χ4n) is 0.206. The first-order valence-electron chi connectivity index (χ1n) is 1.47. The molecule has 0 bridgehead atoms. The summed E-state index contributed by atoms with van der Waals surface area (Å²) in [6.07, 6.45) is 0. The second-order valence-electron chi connectivity index (χ2n) is 0.847. The normalized spacial score (nSPS) is 8.83. The summed E-state index contributed by atoms with van der Waals surface area (Å²) < 4.78 is 0. The molecule has 0 saturated heterocycles. The van der Waals surface area contributed by atoms with Crippen LogP contribution in [0.5, 0.6) is 0 Å². The van der Waals surface area contributed by atoms with E-state index in [1.807, 2.05) is 5.38 Å². The van der Waals surface area contributed by atoms with Crippen LogP contribution in [0.3, 0.4) is 0 Å². The Balaban J connectivity index is 3.05. The fourth-order valence-corrected chi connectivity index (χ4v) is 0.942. The smallest absolute Gasteiger partial charge is 0.104 e. The molecule has 0 radical (unpaired) electrons. The molecule has 0 aromatic carbocycles. The van der Waals surface area contributed by atoms with Crippen LogP contribution in [0.15, 0.2) is 15.9 Å². The molecule has 1 aromatic heterocycles. The zero-order valence-corrected chi connectivity index (χ0v) is 4.67. The van der Waals surface area contributed by atoms with Crippen molar-refractivity contribution >= 4 is 24.0 Å². The van der Waals surface area contributed by atoms with Gasteiger partial charge in [-0.15, -0.1) is 24.0 Å². The first-order valence-corrected chi connectivity index (χ1v) is 2.86. The van der Waals surface area contributed by atoms with E-state index in [9.17, 15) is 0 Å². The SMILES string of the molecule is Sc1cscn1. The number of rotatable bonds is 0. The van der Waals surface area contributed by atoms with Crippen molar-refractivity contribution in [2.45, 2.75) is 5.03 Å². The third-order valence-electron chi connectivity index (χ3n) is 0.419. The number of thiol groups is 1. The predicted molar refractivity (Wildman–Crippen MR) is 29.4 cm³/mol. The van der Waals surface area contributed by atoms with Crippen LogP contribution in [0.2, 0.25) is 0 Å². The third kappa shape index (κ3) is 0.725. The van der Waals surface area contributed by atoms with Crippen molar-refractivity contribution < 1.29 is 0 Å². The summed E-state index contributed by atoms with van der Waals surface area (Å²) in [7, 11) is 0. The van der Waals surface area contributed by atoms with Crippen molar-refractivity contribution in [3.8, 4) is 0 Å². The van der Waals surface area contributed by atoms with Crippen LogP contribution >= 0.6 is 24.0 Å². The monoisotopic (exact) mass is 117 g/mol. The highest BCUT2D eigenvalue weighted by Crippen LogP contribution is 2.02. The molecule has 0 N–H and O–H groups in total. The van der Waals surface area contributed by atoms with E-state index >= 15 is 0 Å². The zero-order valence-electron chi connectivity index (χ0n) is 2.96. The van der Waals surface area contributed by atoms with Gasteiger partial charge in [-0.05, 0) is 0 Å². The van der Waals surface area contributed by atoms with Crippen LogP contribution in [0.4, 0.5) is 0 Å². The molecule has 0 unspecified atom stereocenters. The highest BCUT2D eigenvalue weighted by Gasteiger charge is 1.77. The van der Waals surface area contributed by atoms with Gasteiger partial charge in [0.05, 0.1) is 5.51 Å². The van der Waals surface area contributed by atoms with E-state index in [1.54, 1.807) is 16.8 Å². The van der Waals surface area contributed by atoms with Crippen molar-refractivity contribution in [1.29, 1.82) is 0 Å². The van der Waals surface area contributed by atoms with Crippen LogP contribution < -0.4 is 0 Å². The van der Waals surface area contributed by atoms with Gasteiger partial charge >= 0.3 is 0 Å². The number of hydrogen-bond acceptors (Lipinski definition) is 3. The molecular formula is C3H3NS2. The number of nitrogens with zero attached hydrogens (tertiary/aromatic N) is 1. The van der Waals surface area contributed by atoms with E-state index in [0.717, 1.165) is 5.03 Å². The van der Waals surface area contributed by atoms with Crippen LogP contribution in [-0.4, -0.2) is 4.98 Å². The van der Waals surface area contributed by atoms with Gasteiger partial charge < -0.3 is 0 Å². The molecule has 0 aliphatic carbocycles. The maximum absolute atomic E-state index is 3.93. The molecule has 6 heavy (non-hydrogen) atoms. The molecule has 0 aliphatic rings. The minimum atomic E-state index is 0.806. The molecule has 0 aliphatic heterocycles. The molecule has 32 valence electrons. The molecule has 0 atom stereocenters. The summed E-state index contributed by atoms with van der Waals surface area (Å²) >= 11 is 5.49. The highest BCUT2D eigenvalue weighted by atomic mass is 32.1. The topological polar surface area (TPSA) is 12.9 Å². The first-order chi connectivity index (χ1) is 2.89. The van der Waals surface area contributed by atoms with Gasteiger partial charge in [-0.25, -0.2) is 4.98 Å². The molecule has 1 nitrogen and oxygen atoms in total. The minimum absolute atomic E-state index is 0.806. The van der Waals surface area contributed by atoms with Gasteiger partial charge in [-0.3, -0.25) is 0 Å². The summed E-state index contributed by atoms with van der Waals surface area (Å²) in [5.74, 6) is 0. The van der Waals surface area contributed by atoms with Gasteiger partial charge in [0.25, 0.3) is 0 Å². The average molecular weight is 117 g/mol. The Morgan fingerprint density at radius 1 is 1.83 bits per heavy atom. The van der Waals surface area contributed by atoms with Crippen LogP contribution in [-0.2, 0) is 0 Å². The van der Waals surface area contributed by atoms with Crippen molar-refractivity contribution in [2.75, 3.05) is 0 Å². The molecule has 1 heterocycles. The Kier molecular flexibility index (Phi) is 1.12. The van der Waals surface area contributed by atoms with Gasteiger partial charge in [0.2, 0.25) is 0 Å². The maximum atomic E-state index is 3.93. The van der Waals surface area contributed by atoms with Gasteiger partial charge in [0.1, 0.15) is 5.03 Å². The summed E-state index contributed by atoms with van der Waals surface area (Å²) in [4.78, 5) is 3.80. The molecule has 1 rings (SSSR count). The number of thiazole rings is 1. The van der Waals surface area contributed by atoms with E-state index in [1.165, 1.54) is 0 Å². The Labute approximate surface area is 45.4 Å².